The van der Waals surface area contributed by atoms with Gasteiger partial charge in [0.2, 0.25) is 17.7 Å². The zero-order valence-electron chi connectivity index (χ0n) is 44.4. The number of aromatic nitrogens is 7. The normalized spacial score (nSPS) is 19.4. The number of imidazole rings is 1. The molecule has 412 valence electrons. The number of nitrogen functional groups attached to an aromatic ring is 1. The van der Waals surface area contributed by atoms with E-state index in [9.17, 15) is 24.0 Å². The number of likely N-dealkylation sites (tertiary alicyclic amines) is 2. The van der Waals surface area contributed by atoms with Gasteiger partial charge in [0.25, 0.3) is 11.8 Å². The molecule has 2 aromatic carbocycles. The highest BCUT2D eigenvalue weighted by Gasteiger charge is 2.52. The first-order valence-electron chi connectivity index (χ1n) is 27.4. The lowest BCUT2D eigenvalue weighted by Gasteiger charge is -2.60. The van der Waals surface area contributed by atoms with Crippen molar-refractivity contribution in [3.63, 3.8) is 0 Å². The van der Waals surface area contributed by atoms with Crippen molar-refractivity contribution in [3.8, 4) is 28.8 Å². The lowest BCUT2D eigenvalue weighted by atomic mass is 9.72. The van der Waals surface area contributed by atoms with Crippen LogP contribution in [-0.4, -0.2) is 143 Å². The van der Waals surface area contributed by atoms with Crippen molar-refractivity contribution in [2.45, 2.75) is 64.1 Å². The van der Waals surface area contributed by atoms with Crippen LogP contribution >= 0.6 is 0 Å². The number of imide groups is 2. The number of hydrogen-bond donors (Lipinski definition) is 3. The first-order valence-corrected chi connectivity index (χ1v) is 27.4. The van der Waals surface area contributed by atoms with Gasteiger partial charge in [0.05, 0.1) is 41.3 Å². The van der Waals surface area contributed by atoms with E-state index >= 15 is 8.78 Å². The van der Waals surface area contributed by atoms with Crippen LogP contribution in [0.1, 0.15) is 82.2 Å². The SMILES string of the molecule is Cc1nc2ccc(-c3ccnc(N)c3)nc2n1-c1cc(F)c(N2CC3(CN(CC#Cc4ccc(N5CCC(C(=O)N6CCC(n7cc(CNc8cccc9c8C(=O)N(C8CCC(=O)NC8=O)C9=O)cn7)CC6)CC5)nc4)C3)C2)c(F)c1. The fourth-order valence-corrected chi connectivity index (χ4v) is 12.7. The highest BCUT2D eigenvalue weighted by molar-refractivity contribution is 6.25. The highest BCUT2D eigenvalue weighted by atomic mass is 19.1. The minimum Gasteiger partial charge on any atom is -0.384 e. The summed E-state index contributed by atoms with van der Waals surface area (Å²) in [5, 5.41) is 10.2. The van der Waals surface area contributed by atoms with Gasteiger partial charge in [-0.05, 0) is 87.6 Å². The number of aryl methyl sites for hydroxylation is 1. The lowest BCUT2D eigenvalue weighted by molar-refractivity contribution is -0.138. The van der Waals surface area contributed by atoms with Crippen LogP contribution in [0.3, 0.4) is 0 Å². The molecule has 0 bridgehead atoms. The monoisotopic (exact) mass is 1090 g/mol. The molecule has 0 radical (unpaired) electrons. The number of piperidine rings is 3. The maximum atomic E-state index is 15.9. The maximum absolute atomic E-state index is 15.9. The summed E-state index contributed by atoms with van der Waals surface area (Å²) < 4.78 is 35.3. The second-order valence-electron chi connectivity index (χ2n) is 22.1. The molecule has 4 N–H and O–H groups in total. The molecule has 6 aliphatic heterocycles. The average molecular weight is 1090 g/mol. The third-order valence-corrected chi connectivity index (χ3v) is 16.7. The number of halogens is 2. The van der Waals surface area contributed by atoms with Crippen LogP contribution in [0, 0.1) is 41.7 Å². The van der Waals surface area contributed by atoms with Crippen LogP contribution < -0.4 is 26.2 Å². The summed E-state index contributed by atoms with van der Waals surface area (Å²) in [6.45, 7) is 8.16. The Kier molecular flexibility index (Phi) is 13.0. The molecule has 1 atom stereocenters. The number of anilines is 4. The molecule has 1 spiro atoms. The number of fused-ring (bicyclic) bond motifs is 2. The van der Waals surface area contributed by atoms with Gasteiger partial charge in [-0.25, -0.2) is 28.7 Å². The van der Waals surface area contributed by atoms with Crippen molar-refractivity contribution in [1.82, 2.24) is 54.3 Å². The van der Waals surface area contributed by atoms with Gasteiger partial charge in [0.15, 0.2) is 17.3 Å². The van der Waals surface area contributed by atoms with Crippen LogP contribution in [0.4, 0.5) is 31.8 Å². The summed E-state index contributed by atoms with van der Waals surface area (Å²) in [4.78, 5) is 92.2. The first kappa shape index (κ1) is 51.3. The fraction of sp³-hybridized carbons (Fsp3) is 0.356. The third kappa shape index (κ3) is 9.64. The summed E-state index contributed by atoms with van der Waals surface area (Å²) in [7, 11) is 0. The minimum atomic E-state index is -1.04. The van der Waals surface area contributed by atoms with E-state index in [4.69, 9.17) is 15.7 Å². The molecule has 5 fully saturated rings. The zero-order chi connectivity index (χ0) is 55.7. The number of nitrogens with one attached hydrogen (secondary N) is 2. The van der Waals surface area contributed by atoms with Crippen molar-refractivity contribution in [1.29, 1.82) is 0 Å². The summed E-state index contributed by atoms with van der Waals surface area (Å²) in [5.74, 6) is 4.97. The summed E-state index contributed by atoms with van der Waals surface area (Å²) in [6.07, 6.45) is 10.3. The Morgan fingerprint density at radius 3 is 2.38 bits per heavy atom. The standard InChI is InChI=1S/C59H57F2N15O5/c1-35-67-47-9-8-45(39-13-18-63-49(62)24-39)68-54(47)75(35)41-25-43(60)53(44(61)26-41)73-33-59(34-73)31-70(32-59)19-3-4-36-7-11-50(65-27-36)71-20-14-38(15-21-71)56(79)72-22-16-40(17-23-72)74-30-37(29-66-74)28-64-46-6-2-5-42-52(46)58(81)76(57(42)80)48-10-12-51(77)69-55(48)78/h2,5-9,11,13,18,24-27,29-30,38,40,48,64H,10,12,14-17,19-23,28,31-34H2,1H3,(H2,62,63)(H,69,77,78). The lowest BCUT2D eigenvalue weighted by Crippen LogP contribution is -2.72. The number of amides is 5. The average Bonchev–Trinajstić information content (AvgIpc) is 4.00. The second-order valence-corrected chi connectivity index (χ2v) is 22.1. The molecule has 22 heteroatoms. The molecule has 13 rings (SSSR count). The second kappa shape index (κ2) is 20.5. The Hall–Kier alpha value is -9.10. The van der Waals surface area contributed by atoms with Crippen LogP contribution in [0.25, 0.3) is 28.1 Å². The Morgan fingerprint density at radius 2 is 1.64 bits per heavy atom. The van der Waals surface area contributed by atoms with Gasteiger partial charge in [-0.15, -0.1) is 0 Å². The van der Waals surface area contributed by atoms with E-state index in [0.29, 0.717) is 79.1 Å². The van der Waals surface area contributed by atoms with Crippen LogP contribution in [0.2, 0.25) is 0 Å². The van der Waals surface area contributed by atoms with Crippen molar-refractivity contribution < 1.29 is 32.8 Å². The number of rotatable bonds is 11. The van der Waals surface area contributed by atoms with Crippen LogP contribution in [0.5, 0.6) is 0 Å². The molecule has 1 unspecified atom stereocenters. The third-order valence-electron chi connectivity index (χ3n) is 16.7. The van der Waals surface area contributed by atoms with Gasteiger partial charge in [0, 0.05) is 130 Å². The quantitative estimate of drug-likeness (QED) is 0.107. The molecule has 0 saturated carbocycles. The van der Waals surface area contributed by atoms with Crippen LogP contribution in [-0.2, 0) is 20.9 Å². The number of carbonyl (C=O) groups is 5. The summed E-state index contributed by atoms with van der Waals surface area (Å²) in [6, 6.07) is 17.9. The van der Waals surface area contributed by atoms with Gasteiger partial charge in [0.1, 0.15) is 34.7 Å². The van der Waals surface area contributed by atoms with Gasteiger partial charge in [-0.2, -0.15) is 5.10 Å². The maximum Gasteiger partial charge on any atom is 0.264 e. The number of hydrogen-bond acceptors (Lipinski definition) is 15. The van der Waals surface area contributed by atoms with Crippen molar-refractivity contribution in [3.05, 3.63) is 131 Å². The molecule has 11 heterocycles. The van der Waals surface area contributed by atoms with E-state index in [1.165, 1.54) is 12.1 Å². The topological polar surface area (TPSA) is 226 Å². The summed E-state index contributed by atoms with van der Waals surface area (Å²) >= 11 is 0. The number of benzene rings is 2. The molecule has 0 aliphatic carbocycles. The van der Waals surface area contributed by atoms with Gasteiger partial charge in [-0.1, -0.05) is 17.9 Å². The van der Waals surface area contributed by atoms with Gasteiger partial charge < -0.3 is 25.8 Å². The van der Waals surface area contributed by atoms with Gasteiger partial charge >= 0.3 is 0 Å². The molecule has 6 aliphatic rings. The van der Waals surface area contributed by atoms with E-state index in [-0.39, 0.29) is 52.9 Å². The van der Waals surface area contributed by atoms with Crippen molar-refractivity contribution >= 4 is 63.7 Å². The molecule has 5 amide bonds. The molecule has 5 saturated heterocycles. The van der Waals surface area contributed by atoms with E-state index in [0.717, 1.165) is 79.3 Å². The number of carbonyl (C=O) groups excluding carboxylic acids is 5. The van der Waals surface area contributed by atoms with E-state index in [2.05, 4.69) is 47.3 Å². The first-order chi connectivity index (χ1) is 39.2. The smallest absolute Gasteiger partial charge is 0.264 e. The van der Waals surface area contributed by atoms with Gasteiger partial charge in [-0.3, -0.25) is 48.3 Å². The Morgan fingerprint density at radius 1 is 0.852 bits per heavy atom. The molecular weight excluding hydrogens is 1040 g/mol. The number of pyridine rings is 3. The Balaban J connectivity index is 0.538. The van der Waals surface area contributed by atoms with Crippen LogP contribution in [0.15, 0.2) is 91.5 Å². The summed E-state index contributed by atoms with van der Waals surface area (Å²) in [5.41, 5.74) is 11.2. The largest absolute Gasteiger partial charge is 0.384 e. The van der Waals surface area contributed by atoms with Crippen molar-refractivity contribution in [2.24, 2.45) is 11.3 Å². The molecular formula is C59H57F2N15O5. The highest BCUT2D eigenvalue weighted by Crippen LogP contribution is 2.44. The molecule has 20 nitrogen and oxygen atoms in total. The van der Waals surface area contributed by atoms with E-state index in [1.807, 2.05) is 40.0 Å². The molecule has 7 aromatic rings. The zero-order valence-corrected chi connectivity index (χ0v) is 44.4. The Bertz CT molecular complexity index is 3740. The Labute approximate surface area is 464 Å². The predicted molar refractivity (Wildman–Crippen MR) is 296 cm³/mol. The minimum absolute atomic E-state index is 0.0239. The van der Waals surface area contributed by atoms with E-state index < -0.39 is 41.3 Å². The van der Waals surface area contributed by atoms with E-state index in [1.54, 1.807) is 65.3 Å². The van der Waals surface area contributed by atoms with Crippen molar-refractivity contribution in [2.75, 3.05) is 79.8 Å². The fourth-order valence-electron chi connectivity index (χ4n) is 12.7. The number of nitrogens with two attached hydrogens (primary N) is 1. The number of nitrogens with zero attached hydrogens (tertiary/aromatic N) is 12. The predicted octanol–water partition coefficient (Wildman–Crippen LogP) is 5.51. The molecule has 81 heavy (non-hydrogen) atoms. The molecule has 5 aromatic heterocycles.